The van der Waals surface area contributed by atoms with Crippen molar-refractivity contribution < 1.29 is 18.7 Å². The van der Waals surface area contributed by atoms with Gasteiger partial charge in [0.2, 0.25) is 5.91 Å². The highest BCUT2D eigenvalue weighted by Gasteiger charge is 2.42. The Kier molecular flexibility index (Phi) is 5.57. The van der Waals surface area contributed by atoms with Crippen LogP contribution in [0.15, 0.2) is 0 Å². The Morgan fingerprint density at radius 1 is 1.24 bits per heavy atom. The minimum Gasteiger partial charge on any atom is -0.463 e. The third-order valence-electron chi connectivity index (χ3n) is 5.83. The quantitative estimate of drug-likeness (QED) is 0.757. The monoisotopic (exact) mass is 351 g/mol. The van der Waals surface area contributed by atoms with Gasteiger partial charge in [-0.15, -0.1) is 0 Å². The van der Waals surface area contributed by atoms with Crippen LogP contribution in [0.3, 0.4) is 0 Å². The summed E-state index contributed by atoms with van der Waals surface area (Å²) < 4.78 is 18.7. The van der Waals surface area contributed by atoms with E-state index in [0.29, 0.717) is 17.8 Å². The van der Waals surface area contributed by atoms with Crippen LogP contribution in [0.1, 0.15) is 39.0 Å². The van der Waals surface area contributed by atoms with Crippen LogP contribution in [0.2, 0.25) is 0 Å². The van der Waals surface area contributed by atoms with Gasteiger partial charge >= 0.3 is 5.97 Å². The molecule has 0 radical (unpaired) electrons. The average molecular weight is 351 g/mol. The average Bonchev–Trinajstić information content (AvgIpc) is 3.19. The van der Waals surface area contributed by atoms with Gasteiger partial charge in [-0.25, -0.2) is 4.39 Å². The first-order valence-electron chi connectivity index (χ1n) is 9.17. The number of likely N-dealkylation sites (tertiary alicyclic amines) is 1. The summed E-state index contributed by atoms with van der Waals surface area (Å²) >= 11 is 0. The van der Waals surface area contributed by atoms with E-state index < -0.39 is 12.2 Å². The highest BCUT2D eigenvalue weighted by Crippen LogP contribution is 2.47. The fourth-order valence-electron chi connectivity index (χ4n) is 4.85. The number of hydrogen-bond acceptors (Lipinski definition) is 5. The van der Waals surface area contributed by atoms with Crippen molar-refractivity contribution in [3.8, 4) is 6.07 Å². The van der Waals surface area contributed by atoms with E-state index in [1.54, 1.807) is 0 Å². The number of nitriles is 1. The molecular weight excluding hydrogens is 325 g/mol. The molecule has 7 heteroatoms. The molecule has 138 valence electrons. The van der Waals surface area contributed by atoms with Gasteiger partial charge in [0.25, 0.3) is 0 Å². The third-order valence-corrected chi connectivity index (χ3v) is 5.83. The highest BCUT2D eigenvalue weighted by atomic mass is 19.1. The van der Waals surface area contributed by atoms with Gasteiger partial charge in [0, 0.05) is 13.3 Å². The molecule has 0 aromatic heterocycles. The van der Waals surface area contributed by atoms with Gasteiger partial charge in [0.1, 0.15) is 18.3 Å². The molecule has 1 aliphatic heterocycles. The van der Waals surface area contributed by atoms with E-state index in [1.165, 1.54) is 11.8 Å². The molecule has 3 rings (SSSR count). The second-order valence-electron chi connectivity index (χ2n) is 7.72. The number of carbonyl (C=O) groups excluding carboxylic acids is 2. The predicted octanol–water partition coefficient (Wildman–Crippen LogP) is 1.41. The minimum atomic E-state index is -1.09. The summed E-state index contributed by atoms with van der Waals surface area (Å²) in [5.74, 6) is 1.36. The van der Waals surface area contributed by atoms with E-state index in [-0.39, 0.29) is 37.5 Å². The Morgan fingerprint density at radius 3 is 2.52 bits per heavy atom. The first kappa shape index (κ1) is 18.1. The van der Waals surface area contributed by atoms with Gasteiger partial charge in [-0.2, -0.15) is 5.26 Å². The van der Waals surface area contributed by atoms with Crippen molar-refractivity contribution in [2.24, 2.45) is 17.8 Å². The number of ether oxygens (including phenoxy) is 1. The Bertz CT molecular complexity index is 550. The molecule has 0 bridgehead atoms. The molecule has 0 spiro atoms. The molecule has 2 saturated carbocycles. The van der Waals surface area contributed by atoms with E-state index >= 15 is 0 Å². The number of rotatable bonds is 5. The summed E-state index contributed by atoms with van der Waals surface area (Å²) in [7, 11) is 0. The molecule has 1 amide bonds. The Hall–Kier alpha value is -1.68. The summed E-state index contributed by atoms with van der Waals surface area (Å²) in [5, 5.41) is 12.2. The first-order valence-corrected chi connectivity index (χ1v) is 9.17. The van der Waals surface area contributed by atoms with E-state index in [2.05, 4.69) is 5.32 Å². The minimum absolute atomic E-state index is 0.0316. The molecule has 1 heterocycles. The largest absolute Gasteiger partial charge is 0.463 e. The van der Waals surface area contributed by atoms with Crippen LogP contribution in [-0.2, 0) is 14.3 Å². The molecule has 2 aliphatic carbocycles. The number of halogens is 1. The predicted molar refractivity (Wildman–Crippen MR) is 88.0 cm³/mol. The van der Waals surface area contributed by atoms with Gasteiger partial charge in [-0.3, -0.25) is 9.59 Å². The zero-order chi connectivity index (χ0) is 18.0. The SMILES string of the molecule is CC(=O)OC1CC2CC(CNCC(=O)N3CC(F)CC3C#N)CC2C1. The normalized spacial score (nSPS) is 36.9. The van der Waals surface area contributed by atoms with Crippen molar-refractivity contribution in [3.05, 3.63) is 0 Å². The van der Waals surface area contributed by atoms with Crippen LogP contribution in [0, 0.1) is 29.1 Å². The molecule has 25 heavy (non-hydrogen) atoms. The maximum absolute atomic E-state index is 13.4. The number of esters is 1. The summed E-state index contributed by atoms with van der Waals surface area (Å²) in [6.45, 7) is 2.41. The lowest BCUT2D eigenvalue weighted by Crippen LogP contribution is -2.41. The second-order valence-corrected chi connectivity index (χ2v) is 7.72. The first-order chi connectivity index (χ1) is 12.0. The molecule has 4 atom stereocenters. The van der Waals surface area contributed by atoms with Crippen LogP contribution in [-0.4, -0.2) is 54.7 Å². The molecule has 4 unspecified atom stereocenters. The summed E-state index contributed by atoms with van der Waals surface area (Å²) in [4.78, 5) is 24.6. The molecule has 3 fully saturated rings. The van der Waals surface area contributed by atoms with Gasteiger partial charge in [0.05, 0.1) is 19.2 Å². The van der Waals surface area contributed by atoms with Crippen molar-refractivity contribution in [1.29, 1.82) is 5.26 Å². The van der Waals surface area contributed by atoms with Crippen LogP contribution in [0.5, 0.6) is 0 Å². The van der Waals surface area contributed by atoms with Gasteiger partial charge in [0.15, 0.2) is 0 Å². The number of amides is 1. The summed E-state index contributed by atoms with van der Waals surface area (Å²) in [5.41, 5.74) is 0. The third kappa shape index (κ3) is 4.30. The zero-order valence-corrected chi connectivity index (χ0v) is 14.6. The fraction of sp³-hybridized carbons (Fsp3) is 0.833. The van der Waals surface area contributed by atoms with E-state index in [9.17, 15) is 14.0 Å². The highest BCUT2D eigenvalue weighted by molar-refractivity contribution is 5.79. The fourth-order valence-corrected chi connectivity index (χ4v) is 4.85. The number of alkyl halides is 1. The number of carbonyl (C=O) groups is 2. The molecule has 3 aliphatic rings. The summed E-state index contributed by atoms with van der Waals surface area (Å²) in [6.07, 6.45) is 3.21. The van der Waals surface area contributed by atoms with Gasteiger partial charge in [-0.05, 0) is 50.0 Å². The van der Waals surface area contributed by atoms with Crippen molar-refractivity contribution >= 4 is 11.9 Å². The lowest BCUT2D eigenvalue weighted by molar-refractivity contribution is -0.146. The van der Waals surface area contributed by atoms with Crippen molar-refractivity contribution in [2.75, 3.05) is 19.6 Å². The van der Waals surface area contributed by atoms with Crippen LogP contribution >= 0.6 is 0 Å². The topological polar surface area (TPSA) is 82.4 Å². The van der Waals surface area contributed by atoms with E-state index in [0.717, 1.165) is 32.2 Å². The molecule has 1 saturated heterocycles. The smallest absolute Gasteiger partial charge is 0.302 e. The van der Waals surface area contributed by atoms with E-state index in [1.807, 2.05) is 6.07 Å². The van der Waals surface area contributed by atoms with Crippen LogP contribution < -0.4 is 5.32 Å². The number of fused-ring (bicyclic) bond motifs is 1. The Morgan fingerprint density at radius 2 is 1.92 bits per heavy atom. The standard InChI is InChI=1S/C18H26FN3O3/c1-11(23)25-17-4-13-2-12(3-14(13)5-17)8-21-9-18(24)22-10-15(19)6-16(22)7-20/h12-17,21H,2-6,8-10H2,1H3. The second kappa shape index (κ2) is 7.69. The van der Waals surface area contributed by atoms with Gasteiger partial charge < -0.3 is 15.0 Å². The lowest BCUT2D eigenvalue weighted by Gasteiger charge is -2.20. The van der Waals surface area contributed by atoms with E-state index in [4.69, 9.17) is 10.00 Å². The number of nitrogens with zero attached hydrogens (tertiary/aromatic N) is 2. The zero-order valence-electron chi connectivity index (χ0n) is 14.6. The van der Waals surface area contributed by atoms with Gasteiger partial charge in [-0.1, -0.05) is 0 Å². The molecule has 0 aromatic rings. The number of hydrogen-bond donors (Lipinski definition) is 1. The van der Waals surface area contributed by atoms with Crippen molar-refractivity contribution in [1.82, 2.24) is 10.2 Å². The Balaban J connectivity index is 1.37. The summed E-state index contributed by atoms with van der Waals surface area (Å²) in [6, 6.07) is 1.37. The molecule has 1 N–H and O–H groups in total. The Labute approximate surface area is 147 Å². The molecule has 0 aromatic carbocycles. The lowest BCUT2D eigenvalue weighted by atomic mass is 10.0. The maximum Gasteiger partial charge on any atom is 0.302 e. The van der Waals surface area contributed by atoms with Crippen LogP contribution in [0.25, 0.3) is 0 Å². The van der Waals surface area contributed by atoms with Crippen LogP contribution in [0.4, 0.5) is 4.39 Å². The number of nitrogens with one attached hydrogen (secondary N) is 1. The molecule has 6 nitrogen and oxygen atoms in total. The van der Waals surface area contributed by atoms with Crippen molar-refractivity contribution in [2.45, 2.75) is 57.3 Å². The molecular formula is C18H26FN3O3. The van der Waals surface area contributed by atoms with Crippen molar-refractivity contribution in [3.63, 3.8) is 0 Å². The maximum atomic E-state index is 13.4.